The standard InChI is InChI=1S/C19H24N6O2/c1-3-15-18(26)24(2)16-12-20-19(23-21-11-14-9-6-10-27-14)22-17(16)25(15)13-7-4-5-8-13/h6,9-13,15H,3-5,7-8H2,1-2H3,(H,20,22,23). The molecule has 0 radical (unpaired) electrons. The minimum Gasteiger partial charge on any atom is -0.463 e. The number of hydrogen-bond acceptors (Lipinski definition) is 7. The normalized spacial score (nSPS) is 20.5. The zero-order valence-electron chi connectivity index (χ0n) is 15.6. The van der Waals surface area contributed by atoms with Gasteiger partial charge in [-0.3, -0.25) is 4.79 Å². The van der Waals surface area contributed by atoms with Crippen molar-refractivity contribution in [2.75, 3.05) is 22.3 Å². The number of nitrogens with one attached hydrogen (secondary N) is 1. The molecule has 0 saturated heterocycles. The zero-order chi connectivity index (χ0) is 18.8. The summed E-state index contributed by atoms with van der Waals surface area (Å²) >= 11 is 0. The van der Waals surface area contributed by atoms with Gasteiger partial charge < -0.3 is 14.2 Å². The highest BCUT2D eigenvalue weighted by Gasteiger charge is 2.41. The van der Waals surface area contributed by atoms with Crippen molar-refractivity contribution in [2.45, 2.75) is 51.1 Å². The zero-order valence-corrected chi connectivity index (χ0v) is 15.6. The number of hydrogen-bond donors (Lipinski definition) is 1. The first-order chi connectivity index (χ1) is 13.2. The van der Waals surface area contributed by atoms with Crippen LogP contribution in [0.4, 0.5) is 17.5 Å². The molecule has 1 fully saturated rings. The fourth-order valence-corrected chi connectivity index (χ4v) is 3.96. The highest BCUT2D eigenvalue weighted by Crippen LogP contribution is 2.39. The van der Waals surface area contributed by atoms with E-state index in [2.05, 4.69) is 27.3 Å². The Morgan fingerprint density at radius 1 is 1.41 bits per heavy atom. The van der Waals surface area contributed by atoms with Gasteiger partial charge in [-0.1, -0.05) is 19.8 Å². The van der Waals surface area contributed by atoms with Crippen LogP contribution in [0, 0.1) is 0 Å². The molecule has 4 rings (SSSR count). The third kappa shape index (κ3) is 3.27. The Labute approximate surface area is 158 Å². The molecule has 27 heavy (non-hydrogen) atoms. The molecule has 1 saturated carbocycles. The number of amides is 1. The Kier molecular flexibility index (Phi) is 4.79. The summed E-state index contributed by atoms with van der Waals surface area (Å²) in [5, 5.41) is 4.14. The number of rotatable bonds is 5. The molecule has 3 heterocycles. The molecule has 1 aliphatic carbocycles. The van der Waals surface area contributed by atoms with Crippen LogP contribution >= 0.6 is 0 Å². The molecule has 1 amide bonds. The average Bonchev–Trinajstić information content (AvgIpc) is 3.38. The van der Waals surface area contributed by atoms with E-state index in [4.69, 9.17) is 9.40 Å². The van der Waals surface area contributed by atoms with Crippen molar-refractivity contribution in [2.24, 2.45) is 5.10 Å². The number of furan rings is 1. The van der Waals surface area contributed by atoms with Crippen molar-refractivity contribution in [3.8, 4) is 0 Å². The Morgan fingerprint density at radius 2 is 2.22 bits per heavy atom. The van der Waals surface area contributed by atoms with Gasteiger partial charge in [0.25, 0.3) is 0 Å². The van der Waals surface area contributed by atoms with Crippen LogP contribution in [-0.4, -0.2) is 41.2 Å². The maximum absolute atomic E-state index is 12.9. The van der Waals surface area contributed by atoms with Crippen molar-refractivity contribution in [1.29, 1.82) is 0 Å². The molecule has 142 valence electrons. The maximum atomic E-state index is 12.9. The van der Waals surface area contributed by atoms with Crippen LogP contribution in [0.5, 0.6) is 0 Å². The number of carbonyl (C=O) groups excluding carboxylic acids is 1. The van der Waals surface area contributed by atoms with E-state index in [9.17, 15) is 4.79 Å². The quantitative estimate of drug-likeness (QED) is 0.645. The molecular weight excluding hydrogens is 344 g/mol. The summed E-state index contributed by atoms with van der Waals surface area (Å²) in [7, 11) is 1.79. The summed E-state index contributed by atoms with van der Waals surface area (Å²) in [6, 6.07) is 3.78. The first-order valence-corrected chi connectivity index (χ1v) is 9.44. The van der Waals surface area contributed by atoms with Gasteiger partial charge in [0, 0.05) is 13.1 Å². The average molecular weight is 368 g/mol. The summed E-state index contributed by atoms with van der Waals surface area (Å²) in [5.41, 5.74) is 3.61. The van der Waals surface area contributed by atoms with Crippen molar-refractivity contribution < 1.29 is 9.21 Å². The lowest BCUT2D eigenvalue weighted by Crippen LogP contribution is -2.55. The number of nitrogens with zero attached hydrogens (tertiary/aromatic N) is 5. The number of fused-ring (bicyclic) bond motifs is 1. The lowest BCUT2D eigenvalue weighted by atomic mass is 10.0. The molecule has 1 N–H and O–H groups in total. The molecule has 8 nitrogen and oxygen atoms in total. The molecule has 1 aliphatic heterocycles. The molecule has 2 aromatic rings. The minimum atomic E-state index is -0.181. The smallest absolute Gasteiger partial charge is 0.249 e. The van der Waals surface area contributed by atoms with Crippen LogP contribution in [0.25, 0.3) is 0 Å². The van der Waals surface area contributed by atoms with Crippen LogP contribution < -0.4 is 15.2 Å². The minimum absolute atomic E-state index is 0.108. The van der Waals surface area contributed by atoms with E-state index in [1.54, 1.807) is 36.7 Å². The molecule has 0 aromatic carbocycles. The number of carbonyl (C=O) groups is 1. The molecular formula is C19H24N6O2. The van der Waals surface area contributed by atoms with Crippen molar-refractivity contribution in [3.05, 3.63) is 30.4 Å². The predicted molar refractivity (Wildman–Crippen MR) is 104 cm³/mol. The van der Waals surface area contributed by atoms with Crippen LogP contribution in [0.3, 0.4) is 0 Å². The van der Waals surface area contributed by atoms with Crippen LogP contribution in [0.2, 0.25) is 0 Å². The van der Waals surface area contributed by atoms with Gasteiger partial charge >= 0.3 is 0 Å². The van der Waals surface area contributed by atoms with E-state index in [0.29, 0.717) is 17.8 Å². The molecule has 8 heteroatoms. The molecule has 0 spiro atoms. The Morgan fingerprint density at radius 3 is 2.93 bits per heavy atom. The second-order valence-electron chi connectivity index (χ2n) is 6.95. The lowest BCUT2D eigenvalue weighted by molar-refractivity contribution is -0.120. The molecule has 2 aromatic heterocycles. The summed E-state index contributed by atoms with van der Waals surface area (Å²) in [5.74, 6) is 1.96. The van der Waals surface area contributed by atoms with E-state index in [1.807, 2.05) is 6.07 Å². The van der Waals surface area contributed by atoms with Gasteiger partial charge in [0.05, 0.1) is 18.7 Å². The second kappa shape index (κ2) is 7.38. The summed E-state index contributed by atoms with van der Waals surface area (Å²) in [6.45, 7) is 2.05. The summed E-state index contributed by atoms with van der Waals surface area (Å²) in [6.07, 6.45) is 10.2. The number of aromatic nitrogens is 2. The van der Waals surface area contributed by atoms with E-state index in [0.717, 1.165) is 30.8 Å². The van der Waals surface area contributed by atoms with Gasteiger partial charge in [0.15, 0.2) is 5.82 Å². The van der Waals surface area contributed by atoms with E-state index < -0.39 is 0 Å². The van der Waals surface area contributed by atoms with E-state index >= 15 is 0 Å². The van der Waals surface area contributed by atoms with Crippen LogP contribution in [0.15, 0.2) is 34.1 Å². The SMILES string of the molecule is CCC1C(=O)N(C)c2cnc(NN=Cc3ccco3)nc2N1C1CCCC1. The molecule has 0 bridgehead atoms. The summed E-state index contributed by atoms with van der Waals surface area (Å²) in [4.78, 5) is 25.8. The third-order valence-electron chi connectivity index (χ3n) is 5.31. The number of hydrazone groups is 1. The second-order valence-corrected chi connectivity index (χ2v) is 6.95. The third-order valence-corrected chi connectivity index (χ3v) is 5.31. The lowest BCUT2D eigenvalue weighted by Gasteiger charge is -2.43. The van der Waals surface area contributed by atoms with E-state index in [-0.39, 0.29) is 11.9 Å². The topological polar surface area (TPSA) is 86.9 Å². The first-order valence-electron chi connectivity index (χ1n) is 9.44. The van der Waals surface area contributed by atoms with Crippen molar-refractivity contribution in [1.82, 2.24) is 9.97 Å². The van der Waals surface area contributed by atoms with Gasteiger partial charge in [0.2, 0.25) is 11.9 Å². The highest BCUT2D eigenvalue weighted by molar-refractivity contribution is 6.04. The van der Waals surface area contributed by atoms with Crippen LogP contribution in [0.1, 0.15) is 44.8 Å². The number of likely N-dealkylation sites (N-methyl/N-ethyl adjacent to an activating group) is 1. The maximum Gasteiger partial charge on any atom is 0.249 e. The largest absolute Gasteiger partial charge is 0.463 e. The summed E-state index contributed by atoms with van der Waals surface area (Å²) < 4.78 is 5.22. The van der Waals surface area contributed by atoms with E-state index in [1.165, 1.54) is 12.8 Å². The highest BCUT2D eigenvalue weighted by atomic mass is 16.3. The monoisotopic (exact) mass is 368 g/mol. The number of anilines is 3. The van der Waals surface area contributed by atoms with Gasteiger partial charge in [-0.15, -0.1) is 0 Å². The van der Waals surface area contributed by atoms with Gasteiger partial charge in [-0.2, -0.15) is 10.1 Å². The fourth-order valence-electron chi connectivity index (χ4n) is 3.96. The Balaban J connectivity index is 1.65. The Bertz CT molecular complexity index is 829. The first kappa shape index (κ1) is 17.5. The Hall–Kier alpha value is -2.90. The fraction of sp³-hybridized carbons (Fsp3) is 0.474. The van der Waals surface area contributed by atoms with Gasteiger partial charge in [0.1, 0.15) is 17.5 Å². The van der Waals surface area contributed by atoms with Crippen molar-refractivity contribution >= 4 is 29.6 Å². The van der Waals surface area contributed by atoms with Gasteiger partial charge in [-0.05, 0) is 31.4 Å². The van der Waals surface area contributed by atoms with Gasteiger partial charge in [-0.25, -0.2) is 10.4 Å². The molecule has 2 aliphatic rings. The predicted octanol–water partition coefficient (Wildman–Crippen LogP) is 3.02. The molecule has 1 unspecified atom stereocenters. The van der Waals surface area contributed by atoms with Crippen molar-refractivity contribution in [3.63, 3.8) is 0 Å². The molecule has 1 atom stereocenters. The van der Waals surface area contributed by atoms with Crippen LogP contribution in [-0.2, 0) is 4.79 Å².